The van der Waals surface area contributed by atoms with Crippen LogP contribution in [0.5, 0.6) is 0 Å². The summed E-state index contributed by atoms with van der Waals surface area (Å²) < 4.78 is 2.10. The fourth-order valence-electron chi connectivity index (χ4n) is 4.00. The molecule has 0 fully saturated rings. The van der Waals surface area contributed by atoms with Gasteiger partial charge in [-0.3, -0.25) is 14.6 Å². The van der Waals surface area contributed by atoms with Crippen molar-refractivity contribution in [2.45, 2.75) is 31.8 Å². The van der Waals surface area contributed by atoms with E-state index in [9.17, 15) is 9.59 Å². The summed E-state index contributed by atoms with van der Waals surface area (Å²) in [4.78, 5) is 40.7. The van der Waals surface area contributed by atoms with E-state index >= 15 is 0 Å². The third-order valence-corrected chi connectivity index (χ3v) is 5.81. The number of guanidine groups is 1. The first-order valence-electron chi connectivity index (χ1n) is 11.6. The van der Waals surface area contributed by atoms with Gasteiger partial charge in [0, 0.05) is 18.7 Å². The number of aromatic amines is 1. The van der Waals surface area contributed by atoms with E-state index in [0.29, 0.717) is 37.0 Å². The number of carbonyl (C=O) groups is 2. The molecule has 8 N–H and O–H groups in total. The zero-order chi connectivity index (χ0) is 25.5. The van der Waals surface area contributed by atoms with Crippen molar-refractivity contribution in [2.75, 3.05) is 6.54 Å². The van der Waals surface area contributed by atoms with E-state index in [2.05, 4.69) is 37.0 Å². The van der Waals surface area contributed by atoms with Gasteiger partial charge in [0.2, 0.25) is 5.91 Å². The molecule has 11 heteroatoms. The molecule has 0 aliphatic rings. The van der Waals surface area contributed by atoms with Gasteiger partial charge in [-0.1, -0.05) is 30.3 Å². The third-order valence-electron chi connectivity index (χ3n) is 5.81. The quantitative estimate of drug-likeness (QED) is 0.121. The summed E-state index contributed by atoms with van der Waals surface area (Å²) in [5.41, 5.74) is 20.0. The number of amides is 2. The Morgan fingerprint density at radius 1 is 1.11 bits per heavy atom. The van der Waals surface area contributed by atoms with Crippen LogP contribution in [0.25, 0.3) is 22.6 Å². The number of aryl methyl sites for hydroxylation is 2. The van der Waals surface area contributed by atoms with Crippen molar-refractivity contribution >= 4 is 28.8 Å². The Morgan fingerprint density at radius 3 is 2.61 bits per heavy atom. The molecule has 2 aromatic heterocycles. The van der Waals surface area contributed by atoms with E-state index < -0.39 is 17.9 Å². The van der Waals surface area contributed by atoms with Crippen LogP contribution in [0.4, 0.5) is 0 Å². The first-order valence-corrected chi connectivity index (χ1v) is 11.6. The number of hydrogen-bond donors (Lipinski definition) is 5. The molecule has 0 aliphatic carbocycles. The monoisotopic (exact) mass is 487 g/mol. The van der Waals surface area contributed by atoms with Gasteiger partial charge in [0.1, 0.15) is 11.7 Å². The highest BCUT2D eigenvalue weighted by Crippen LogP contribution is 2.25. The molecule has 0 unspecified atom stereocenters. The SMILES string of the molecule is NC(=O)[C@H](CCCN=C(N)N)NC(=O)c1ccc2c(c1)nc(-c1cnc[nH]1)n2CCc1ccccc1. The van der Waals surface area contributed by atoms with Crippen molar-refractivity contribution in [3.8, 4) is 11.5 Å². The summed E-state index contributed by atoms with van der Waals surface area (Å²) in [6.07, 6.45) is 4.94. The summed E-state index contributed by atoms with van der Waals surface area (Å²) in [5.74, 6) is -0.336. The van der Waals surface area contributed by atoms with Crippen LogP contribution in [-0.4, -0.2) is 49.9 Å². The number of primary amides is 1. The molecule has 0 spiro atoms. The van der Waals surface area contributed by atoms with Crippen LogP contribution in [-0.2, 0) is 17.8 Å². The Bertz CT molecular complexity index is 1360. The Labute approximate surface area is 207 Å². The van der Waals surface area contributed by atoms with Crippen LogP contribution < -0.4 is 22.5 Å². The Kier molecular flexibility index (Phi) is 7.59. The van der Waals surface area contributed by atoms with E-state index in [1.54, 1.807) is 24.7 Å². The van der Waals surface area contributed by atoms with Gasteiger partial charge < -0.3 is 32.1 Å². The van der Waals surface area contributed by atoms with Gasteiger partial charge in [-0.05, 0) is 43.0 Å². The molecule has 0 aliphatic heterocycles. The number of fused-ring (bicyclic) bond motifs is 1. The molecule has 4 aromatic rings. The predicted octanol–water partition coefficient (Wildman–Crippen LogP) is 1.31. The minimum Gasteiger partial charge on any atom is -0.370 e. The summed E-state index contributed by atoms with van der Waals surface area (Å²) >= 11 is 0. The first-order chi connectivity index (χ1) is 17.4. The summed E-state index contributed by atoms with van der Waals surface area (Å²) in [5, 5.41) is 2.71. The lowest BCUT2D eigenvalue weighted by Gasteiger charge is -2.15. The van der Waals surface area contributed by atoms with Crippen molar-refractivity contribution < 1.29 is 9.59 Å². The van der Waals surface area contributed by atoms with Crippen molar-refractivity contribution in [1.29, 1.82) is 0 Å². The molecule has 4 rings (SSSR count). The topological polar surface area (TPSA) is 183 Å². The van der Waals surface area contributed by atoms with Gasteiger partial charge in [-0.15, -0.1) is 0 Å². The molecule has 186 valence electrons. The van der Waals surface area contributed by atoms with Gasteiger partial charge in [-0.2, -0.15) is 0 Å². The number of benzene rings is 2. The minimum absolute atomic E-state index is 0.0272. The number of carbonyl (C=O) groups excluding carboxylic acids is 2. The number of aromatic nitrogens is 4. The highest BCUT2D eigenvalue weighted by atomic mass is 16.2. The smallest absolute Gasteiger partial charge is 0.252 e. The van der Waals surface area contributed by atoms with Gasteiger partial charge in [0.05, 0.1) is 23.6 Å². The molecule has 0 saturated carbocycles. The molecular formula is C25H29N9O2. The second kappa shape index (κ2) is 11.2. The molecule has 11 nitrogen and oxygen atoms in total. The van der Waals surface area contributed by atoms with Gasteiger partial charge >= 0.3 is 0 Å². The summed E-state index contributed by atoms with van der Waals surface area (Å²) in [6, 6.07) is 14.6. The van der Waals surface area contributed by atoms with E-state index in [4.69, 9.17) is 22.2 Å². The van der Waals surface area contributed by atoms with E-state index in [1.807, 2.05) is 24.3 Å². The predicted molar refractivity (Wildman–Crippen MR) is 138 cm³/mol. The van der Waals surface area contributed by atoms with Gasteiger partial charge in [-0.25, -0.2) is 9.97 Å². The summed E-state index contributed by atoms with van der Waals surface area (Å²) in [7, 11) is 0. The van der Waals surface area contributed by atoms with Crippen LogP contribution in [0.3, 0.4) is 0 Å². The normalized spacial score (nSPS) is 11.8. The van der Waals surface area contributed by atoms with E-state index in [1.165, 1.54) is 5.56 Å². The Hall–Kier alpha value is -4.67. The average molecular weight is 488 g/mol. The maximum Gasteiger partial charge on any atom is 0.252 e. The van der Waals surface area contributed by atoms with Gasteiger partial charge in [0.15, 0.2) is 11.8 Å². The fourth-order valence-corrected chi connectivity index (χ4v) is 4.00. The zero-order valence-corrected chi connectivity index (χ0v) is 19.7. The summed E-state index contributed by atoms with van der Waals surface area (Å²) in [6.45, 7) is 1.03. The van der Waals surface area contributed by atoms with Crippen molar-refractivity contribution in [1.82, 2.24) is 24.8 Å². The molecule has 2 amide bonds. The number of imidazole rings is 2. The number of hydrogen-bond acceptors (Lipinski definition) is 5. The highest BCUT2D eigenvalue weighted by molar-refractivity contribution is 6.00. The minimum atomic E-state index is -0.841. The molecule has 0 bridgehead atoms. The number of nitrogens with zero attached hydrogens (tertiary/aromatic N) is 4. The average Bonchev–Trinajstić information content (AvgIpc) is 3.52. The first kappa shape index (κ1) is 24.5. The highest BCUT2D eigenvalue weighted by Gasteiger charge is 2.20. The van der Waals surface area contributed by atoms with Gasteiger partial charge in [0.25, 0.3) is 5.91 Å². The van der Waals surface area contributed by atoms with E-state index in [-0.39, 0.29) is 5.96 Å². The molecule has 0 saturated heterocycles. The van der Waals surface area contributed by atoms with Crippen molar-refractivity contribution in [3.05, 3.63) is 72.2 Å². The van der Waals surface area contributed by atoms with Crippen LogP contribution in [0, 0.1) is 0 Å². The number of rotatable bonds is 11. The number of H-pyrrole nitrogens is 1. The van der Waals surface area contributed by atoms with Crippen LogP contribution in [0.1, 0.15) is 28.8 Å². The number of aliphatic imine (C=N–C) groups is 1. The largest absolute Gasteiger partial charge is 0.370 e. The molecule has 2 heterocycles. The Morgan fingerprint density at radius 2 is 1.92 bits per heavy atom. The molecule has 2 aromatic carbocycles. The third kappa shape index (κ3) is 5.87. The molecule has 36 heavy (non-hydrogen) atoms. The molecule has 1 atom stereocenters. The van der Waals surface area contributed by atoms with Crippen LogP contribution in [0.15, 0.2) is 66.0 Å². The maximum atomic E-state index is 12.9. The second-order valence-corrected chi connectivity index (χ2v) is 8.37. The lowest BCUT2D eigenvalue weighted by Crippen LogP contribution is -2.44. The zero-order valence-electron chi connectivity index (χ0n) is 19.7. The lowest BCUT2D eigenvalue weighted by atomic mass is 10.1. The number of nitrogens with one attached hydrogen (secondary N) is 2. The molecule has 0 radical (unpaired) electrons. The van der Waals surface area contributed by atoms with E-state index in [0.717, 1.165) is 23.5 Å². The molecular weight excluding hydrogens is 458 g/mol. The second-order valence-electron chi connectivity index (χ2n) is 8.37. The standard InChI is InChI=1S/C25H29N9O2/c26-22(35)18(7-4-11-30-25(27)28)33-24(36)17-8-9-21-19(13-17)32-23(20-14-29-15-31-20)34(21)12-10-16-5-2-1-3-6-16/h1-3,5-6,8-9,13-15,18H,4,7,10-12H2,(H2,26,35)(H,29,31)(H,33,36)(H4,27,28,30)/t18-/m0/s1. The number of nitrogens with two attached hydrogens (primary N) is 3. The van der Waals surface area contributed by atoms with Crippen molar-refractivity contribution in [3.63, 3.8) is 0 Å². The maximum absolute atomic E-state index is 12.9. The lowest BCUT2D eigenvalue weighted by molar-refractivity contribution is -0.120. The fraction of sp³-hybridized carbons (Fsp3) is 0.240. The Balaban J connectivity index is 1.56. The van der Waals surface area contributed by atoms with Crippen molar-refractivity contribution in [2.24, 2.45) is 22.2 Å². The van der Waals surface area contributed by atoms with Crippen LogP contribution >= 0.6 is 0 Å². The van der Waals surface area contributed by atoms with Crippen LogP contribution in [0.2, 0.25) is 0 Å².